The minimum Gasteiger partial charge on any atom is -0.179 e. The van der Waals surface area contributed by atoms with Crippen molar-refractivity contribution in [1.29, 1.82) is 0 Å². The van der Waals surface area contributed by atoms with Gasteiger partial charge >= 0.3 is 0 Å². The normalized spacial score (nSPS) is 13.7. The first kappa shape index (κ1) is 9.70. The standard InChI is InChI=1S/C7H16S2/c1-7(6-8)4-3-5-9-2/h7-8H,3-6H2,1-2H3. The molecule has 56 valence electrons. The van der Waals surface area contributed by atoms with E-state index in [0.717, 1.165) is 11.7 Å². The minimum atomic E-state index is 0.806. The summed E-state index contributed by atoms with van der Waals surface area (Å²) >= 11 is 6.14. The van der Waals surface area contributed by atoms with E-state index in [4.69, 9.17) is 0 Å². The third-order valence-electron chi connectivity index (χ3n) is 1.36. The Labute approximate surface area is 68.2 Å². The summed E-state index contributed by atoms with van der Waals surface area (Å²) in [7, 11) is 0. The van der Waals surface area contributed by atoms with Gasteiger partial charge in [0.05, 0.1) is 0 Å². The Hall–Kier alpha value is 0.700. The van der Waals surface area contributed by atoms with E-state index in [1.807, 2.05) is 11.8 Å². The largest absolute Gasteiger partial charge is 0.179 e. The highest BCUT2D eigenvalue weighted by Crippen LogP contribution is 2.09. The highest BCUT2D eigenvalue weighted by molar-refractivity contribution is 7.98. The molecule has 0 aromatic rings. The molecule has 0 amide bonds. The van der Waals surface area contributed by atoms with Gasteiger partial charge in [-0.05, 0) is 36.5 Å². The molecule has 0 fully saturated rings. The zero-order valence-electron chi connectivity index (χ0n) is 6.26. The third-order valence-corrected chi connectivity index (χ3v) is 2.68. The van der Waals surface area contributed by atoms with Crippen LogP contribution >= 0.6 is 24.4 Å². The Morgan fingerprint density at radius 2 is 2.22 bits per heavy atom. The lowest BCUT2D eigenvalue weighted by atomic mass is 10.1. The number of thioether (sulfide) groups is 1. The number of hydrogen-bond acceptors (Lipinski definition) is 2. The predicted octanol–water partition coefficient (Wildman–Crippen LogP) is 2.70. The molecule has 0 aliphatic heterocycles. The fraction of sp³-hybridized carbons (Fsp3) is 1.00. The summed E-state index contributed by atoms with van der Waals surface area (Å²) in [6.07, 6.45) is 4.85. The lowest BCUT2D eigenvalue weighted by Gasteiger charge is -2.04. The van der Waals surface area contributed by atoms with Gasteiger partial charge in [0, 0.05) is 0 Å². The molecular weight excluding hydrogens is 148 g/mol. The molecule has 0 aromatic heterocycles. The Morgan fingerprint density at radius 1 is 1.56 bits per heavy atom. The second-order valence-corrected chi connectivity index (χ2v) is 3.77. The van der Waals surface area contributed by atoms with Gasteiger partial charge in [-0.2, -0.15) is 24.4 Å². The minimum absolute atomic E-state index is 0.806. The molecule has 0 saturated heterocycles. The van der Waals surface area contributed by atoms with Gasteiger partial charge in [0.15, 0.2) is 0 Å². The van der Waals surface area contributed by atoms with Crippen LogP contribution in [-0.2, 0) is 0 Å². The van der Waals surface area contributed by atoms with Crippen molar-refractivity contribution in [1.82, 2.24) is 0 Å². The van der Waals surface area contributed by atoms with E-state index >= 15 is 0 Å². The molecule has 9 heavy (non-hydrogen) atoms. The van der Waals surface area contributed by atoms with Crippen molar-refractivity contribution in [3.8, 4) is 0 Å². The van der Waals surface area contributed by atoms with Gasteiger partial charge in [-0.1, -0.05) is 6.92 Å². The summed E-state index contributed by atoms with van der Waals surface area (Å²) in [5, 5.41) is 0. The first-order valence-corrected chi connectivity index (χ1v) is 5.43. The summed E-state index contributed by atoms with van der Waals surface area (Å²) in [4.78, 5) is 0. The fourth-order valence-corrected chi connectivity index (χ4v) is 1.31. The molecule has 1 unspecified atom stereocenters. The van der Waals surface area contributed by atoms with Crippen LogP contribution in [0.15, 0.2) is 0 Å². The van der Waals surface area contributed by atoms with Crippen LogP contribution in [0.25, 0.3) is 0 Å². The van der Waals surface area contributed by atoms with Crippen LogP contribution in [-0.4, -0.2) is 17.8 Å². The molecule has 0 radical (unpaired) electrons. The monoisotopic (exact) mass is 164 g/mol. The smallest absolute Gasteiger partial charge is 0.00702 e. The van der Waals surface area contributed by atoms with Gasteiger partial charge in [-0.25, -0.2) is 0 Å². The summed E-state index contributed by atoms with van der Waals surface area (Å²) in [5.41, 5.74) is 0. The van der Waals surface area contributed by atoms with Crippen LogP contribution in [0.3, 0.4) is 0 Å². The Balaban J connectivity index is 2.88. The van der Waals surface area contributed by atoms with Crippen LogP contribution in [0.1, 0.15) is 19.8 Å². The number of hydrogen-bond donors (Lipinski definition) is 1. The molecule has 0 N–H and O–H groups in total. The summed E-state index contributed by atoms with van der Waals surface area (Å²) in [5.74, 6) is 3.15. The quantitative estimate of drug-likeness (QED) is 0.481. The zero-order chi connectivity index (χ0) is 7.11. The highest BCUT2D eigenvalue weighted by Gasteiger charge is 1.96. The molecule has 0 nitrogen and oxygen atoms in total. The van der Waals surface area contributed by atoms with Gasteiger partial charge in [0.1, 0.15) is 0 Å². The molecule has 0 aliphatic rings. The Kier molecular flexibility index (Phi) is 7.34. The average molecular weight is 164 g/mol. The van der Waals surface area contributed by atoms with Crippen LogP contribution < -0.4 is 0 Å². The molecule has 0 heterocycles. The molecule has 2 heteroatoms. The SMILES string of the molecule is CSCCCC(C)CS. The number of rotatable bonds is 5. The molecule has 0 aliphatic carbocycles. The summed E-state index contributed by atoms with van der Waals surface area (Å²) < 4.78 is 0. The molecule has 0 aromatic carbocycles. The zero-order valence-corrected chi connectivity index (χ0v) is 7.97. The molecular formula is C7H16S2. The Bertz CT molecular complexity index is 54.9. The molecule has 0 rings (SSSR count). The van der Waals surface area contributed by atoms with Crippen LogP contribution in [0.5, 0.6) is 0 Å². The highest BCUT2D eigenvalue weighted by atomic mass is 32.2. The van der Waals surface area contributed by atoms with Crippen molar-refractivity contribution >= 4 is 24.4 Å². The van der Waals surface area contributed by atoms with E-state index in [1.54, 1.807) is 0 Å². The second-order valence-electron chi connectivity index (χ2n) is 2.42. The average Bonchev–Trinajstić information content (AvgIpc) is 1.89. The lowest BCUT2D eigenvalue weighted by molar-refractivity contribution is 0.590. The molecule has 0 saturated carbocycles. The topological polar surface area (TPSA) is 0 Å². The van der Waals surface area contributed by atoms with E-state index in [1.165, 1.54) is 18.6 Å². The van der Waals surface area contributed by atoms with Crippen molar-refractivity contribution in [2.45, 2.75) is 19.8 Å². The predicted molar refractivity (Wildman–Crippen MR) is 50.6 cm³/mol. The maximum absolute atomic E-state index is 4.21. The van der Waals surface area contributed by atoms with Crippen molar-refractivity contribution in [3.05, 3.63) is 0 Å². The van der Waals surface area contributed by atoms with Crippen molar-refractivity contribution in [2.75, 3.05) is 17.8 Å². The van der Waals surface area contributed by atoms with Gasteiger partial charge in [0.2, 0.25) is 0 Å². The lowest BCUT2D eigenvalue weighted by Crippen LogP contribution is -1.95. The van der Waals surface area contributed by atoms with E-state index in [9.17, 15) is 0 Å². The third kappa shape index (κ3) is 6.59. The van der Waals surface area contributed by atoms with E-state index in [2.05, 4.69) is 25.8 Å². The maximum Gasteiger partial charge on any atom is -0.00702 e. The first-order chi connectivity index (χ1) is 4.31. The summed E-state index contributed by atoms with van der Waals surface area (Å²) in [6, 6.07) is 0. The van der Waals surface area contributed by atoms with E-state index in [0.29, 0.717) is 0 Å². The fourth-order valence-electron chi connectivity index (χ4n) is 0.667. The van der Waals surface area contributed by atoms with Crippen LogP contribution in [0, 0.1) is 5.92 Å². The van der Waals surface area contributed by atoms with E-state index in [-0.39, 0.29) is 0 Å². The van der Waals surface area contributed by atoms with E-state index < -0.39 is 0 Å². The van der Waals surface area contributed by atoms with Gasteiger partial charge in [0.25, 0.3) is 0 Å². The van der Waals surface area contributed by atoms with Gasteiger partial charge in [-0.3, -0.25) is 0 Å². The Morgan fingerprint density at radius 3 is 2.67 bits per heavy atom. The van der Waals surface area contributed by atoms with Crippen LogP contribution in [0.4, 0.5) is 0 Å². The number of thiol groups is 1. The summed E-state index contributed by atoms with van der Waals surface area (Å²) in [6.45, 7) is 2.26. The molecule has 1 atom stereocenters. The van der Waals surface area contributed by atoms with Gasteiger partial charge in [-0.15, -0.1) is 0 Å². The second kappa shape index (κ2) is 6.81. The van der Waals surface area contributed by atoms with Crippen LogP contribution in [0.2, 0.25) is 0 Å². The molecule has 0 spiro atoms. The van der Waals surface area contributed by atoms with Crippen molar-refractivity contribution in [3.63, 3.8) is 0 Å². The van der Waals surface area contributed by atoms with Crippen molar-refractivity contribution < 1.29 is 0 Å². The first-order valence-electron chi connectivity index (χ1n) is 3.41. The maximum atomic E-state index is 4.21. The van der Waals surface area contributed by atoms with Gasteiger partial charge < -0.3 is 0 Å². The molecule has 0 bridgehead atoms. The van der Waals surface area contributed by atoms with Crippen molar-refractivity contribution in [2.24, 2.45) is 5.92 Å².